The molecule has 4 unspecified atom stereocenters. The van der Waals surface area contributed by atoms with Crippen molar-refractivity contribution < 1.29 is 19.3 Å². The van der Waals surface area contributed by atoms with Crippen molar-refractivity contribution in [3.8, 4) is 6.07 Å². The molecule has 2 fully saturated rings. The maximum Gasteiger partial charge on any atom is 0.270 e. The molecule has 3 heterocycles. The third kappa shape index (κ3) is 3.24. The molecule has 5 rings (SSSR count). The molecule has 2 saturated heterocycles. The van der Waals surface area contributed by atoms with Gasteiger partial charge in [-0.3, -0.25) is 24.5 Å². The second-order valence-electron chi connectivity index (χ2n) is 8.14. The summed E-state index contributed by atoms with van der Waals surface area (Å²) in [6.45, 7) is 0. The number of hydrogen-bond acceptors (Lipinski definition) is 7. The minimum absolute atomic E-state index is 0.0735. The van der Waals surface area contributed by atoms with Crippen LogP contribution >= 0.6 is 15.9 Å². The Bertz CT molecular complexity index is 1360. The highest BCUT2D eigenvalue weighted by Gasteiger charge is 2.63. The summed E-state index contributed by atoms with van der Waals surface area (Å²) < 4.78 is 0.777. The number of halogens is 1. The molecule has 3 aliphatic heterocycles. The minimum atomic E-state index is -1.05. The van der Waals surface area contributed by atoms with Gasteiger partial charge < -0.3 is 4.90 Å². The average molecular weight is 519 g/mol. The van der Waals surface area contributed by atoms with Crippen LogP contribution in [0.4, 0.5) is 11.4 Å². The lowest BCUT2D eigenvalue weighted by molar-refractivity contribution is -0.384. The normalized spacial score (nSPS) is 25.0. The number of Topliss-reactive ketones (excluding diaryl/α,β-unsaturated/α-hetero) is 1. The van der Waals surface area contributed by atoms with Gasteiger partial charge in [0.25, 0.3) is 5.69 Å². The van der Waals surface area contributed by atoms with Gasteiger partial charge in [0.2, 0.25) is 11.8 Å². The number of allylic oxidation sites excluding steroid dienone is 2. The van der Waals surface area contributed by atoms with Crippen molar-refractivity contribution in [3.05, 3.63) is 92.6 Å². The molecule has 0 saturated carbocycles. The molecule has 2 aromatic carbocycles. The zero-order chi connectivity index (χ0) is 24.1. The Hall–Kier alpha value is -4.10. The SMILES string of the molecule is N#CC1=CC2C3C(=O)N(c4ccc(Br)cc4)C(=O)C3C(C(=O)c3cccc([N+](=O)[O-])c3)N2C=C1. The first-order chi connectivity index (χ1) is 16.3. The van der Waals surface area contributed by atoms with Gasteiger partial charge in [0, 0.05) is 28.4 Å². The summed E-state index contributed by atoms with van der Waals surface area (Å²) in [5.74, 6) is -3.36. The van der Waals surface area contributed by atoms with Crippen molar-refractivity contribution in [1.82, 2.24) is 4.90 Å². The summed E-state index contributed by atoms with van der Waals surface area (Å²) in [4.78, 5) is 54.1. The number of ketones is 1. The van der Waals surface area contributed by atoms with Crippen LogP contribution in [0, 0.1) is 33.3 Å². The summed E-state index contributed by atoms with van der Waals surface area (Å²) in [7, 11) is 0. The van der Waals surface area contributed by atoms with Crippen LogP contribution in [-0.2, 0) is 9.59 Å². The van der Waals surface area contributed by atoms with Crippen molar-refractivity contribution in [3.63, 3.8) is 0 Å². The number of rotatable bonds is 4. The van der Waals surface area contributed by atoms with Crippen LogP contribution in [0.25, 0.3) is 0 Å². The molecule has 0 N–H and O–H groups in total. The van der Waals surface area contributed by atoms with E-state index in [1.165, 1.54) is 30.3 Å². The van der Waals surface area contributed by atoms with Crippen LogP contribution in [0.3, 0.4) is 0 Å². The van der Waals surface area contributed by atoms with Gasteiger partial charge in [-0.25, -0.2) is 4.90 Å². The Kier molecular flexibility index (Phi) is 5.14. The topological polar surface area (TPSA) is 125 Å². The molecular formula is C24H15BrN4O5. The van der Waals surface area contributed by atoms with E-state index in [1.807, 2.05) is 6.07 Å². The molecule has 34 heavy (non-hydrogen) atoms. The van der Waals surface area contributed by atoms with Crippen molar-refractivity contribution in [2.24, 2.45) is 11.8 Å². The van der Waals surface area contributed by atoms with E-state index in [-0.39, 0.29) is 11.3 Å². The number of hydrogen-bond donors (Lipinski definition) is 0. The highest BCUT2D eigenvalue weighted by molar-refractivity contribution is 9.10. The molecular weight excluding hydrogens is 504 g/mol. The van der Waals surface area contributed by atoms with E-state index in [1.54, 1.807) is 41.4 Å². The first-order valence-electron chi connectivity index (χ1n) is 10.3. The fraction of sp³-hybridized carbons (Fsp3) is 0.167. The smallest absolute Gasteiger partial charge is 0.270 e. The standard InChI is InChI=1S/C24H15BrN4O5/c25-15-4-6-16(7-5-15)28-23(31)19-18-10-13(12-26)8-9-27(18)21(20(19)24(28)32)22(30)14-2-1-3-17(11-14)29(33)34/h1-11,18-21H. The largest absolute Gasteiger partial charge is 0.359 e. The number of amides is 2. The molecule has 3 aliphatic rings. The number of nitro benzene ring substituents is 1. The fourth-order valence-corrected chi connectivity index (χ4v) is 5.17. The fourth-order valence-electron chi connectivity index (χ4n) is 4.91. The highest BCUT2D eigenvalue weighted by atomic mass is 79.9. The zero-order valence-corrected chi connectivity index (χ0v) is 19.0. The number of imide groups is 1. The molecule has 2 aromatic rings. The number of anilines is 1. The number of carbonyl (C=O) groups excluding carboxylic acids is 3. The van der Waals surface area contributed by atoms with Gasteiger partial charge in [-0.2, -0.15) is 5.26 Å². The average Bonchev–Trinajstić information content (AvgIpc) is 3.31. The van der Waals surface area contributed by atoms with Crippen molar-refractivity contribution in [2.75, 3.05) is 4.90 Å². The minimum Gasteiger partial charge on any atom is -0.359 e. The van der Waals surface area contributed by atoms with Crippen LogP contribution in [0.15, 0.2) is 76.9 Å². The molecule has 10 heteroatoms. The van der Waals surface area contributed by atoms with E-state index in [2.05, 4.69) is 15.9 Å². The quantitative estimate of drug-likeness (QED) is 0.263. The predicted octanol–water partition coefficient (Wildman–Crippen LogP) is 3.38. The van der Waals surface area contributed by atoms with E-state index in [0.717, 1.165) is 9.37 Å². The predicted molar refractivity (Wildman–Crippen MR) is 123 cm³/mol. The molecule has 0 bridgehead atoms. The molecule has 0 aromatic heterocycles. The van der Waals surface area contributed by atoms with E-state index >= 15 is 0 Å². The summed E-state index contributed by atoms with van der Waals surface area (Å²) in [6, 6.07) is 12.3. The van der Waals surface area contributed by atoms with Crippen LogP contribution in [0.2, 0.25) is 0 Å². The monoisotopic (exact) mass is 518 g/mol. The zero-order valence-electron chi connectivity index (χ0n) is 17.4. The highest BCUT2D eigenvalue weighted by Crippen LogP contribution is 2.47. The first-order valence-corrected chi connectivity index (χ1v) is 11.1. The molecule has 2 amide bonds. The van der Waals surface area contributed by atoms with Crippen LogP contribution in [0.1, 0.15) is 10.4 Å². The van der Waals surface area contributed by atoms with Gasteiger partial charge in [-0.1, -0.05) is 28.1 Å². The third-order valence-corrected chi connectivity index (χ3v) is 6.90. The van der Waals surface area contributed by atoms with Crippen molar-refractivity contribution >= 4 is 44.9 Å². The summed E-state index contributed by atoms with van der Waals surface area (Å²) in [5, 5.41) is 20.6. The molecule has 9 nitrogen and oxygen atoms in total. The Balaban J connectivity index is 1.60. The Morgan fingerprint density at radius 1 is 1.09 bits per heavy atom. The lowest BCUT2D eigenvalue weighted by Crippen LogP contribution is -2.46. The van der Waals surface area contributed by atoms with Crippen molar-refractivity contribution in [1.29, 1.82) is 5.26 Å². The third-order valence-electron chi connectivity index (χ3n) is 6.37. The number of nitro groups is 1. The second-order valence-corrected chi connectivity index (χ2v) is 9.06. The van der Waals surface area contributed by atoms with E-state index < -0.39 is 46.4 Å². The lowest BCUT2D eigenvalue weighted by atomic mass is 9.86. The number of benzene rings is 2. The molecule has 4 atom stereocenters. The molecule has 0 spiro atoms. The van der Waals surface area contributed by atoms with E-state index in [0.29, 0.717) is 11.3 Å². The van der Waals surface area contributed by atoms with Gasteiger partial charge in [0.1, 0.15) is 6.04 Å². The van der Waals surface area contributed by atoms with Crippen LogP contribution in [-0.4, -0.2) is 39.5 Å². The molecule has 0 aliphatic carbocycles. The van der Waals surface area contributed by atoms with Gasteiger partial charge in [-0.15, -0.1) is 0 Å². The van der Waals surface area contributed by atoms with Crippen LogP contribution < -0.4 is 4.90 Å². The summed E-state index contributed by atoms with van der Waals surface area (Å²) >= 11 is 3.33. The first kappa shape index (κ1) is 21.7. The maximum absolute atomic E-state index is 13.6. The second kappa shape index (κ2) is 8.04. The number of nitrogens with zero attached hydrogens (tertiary/aromatic N) is 4. The number of carbonyl (C=O) groups is 3. The van der Waals surface area contributed by atoms with Crippen molar-refractivity contribution in [2.45, 2.75) is 12.1 Å². The molecule has 0 radical (unpaired) electrons. The maximum atomic E-state index is 13.6. The Morgan fingerprint density at radius 2 is 1.79 bits per heavy atom. The number of nitriles is 1. The summed E-state index contributed by atoms with van der Waals surface area (Å²) in [6.07, 6.45) is 4.66. The summed E-state index contributed by atoms with van der Waals surface area (Å²) in [5.41, 5.74) is 0.537. The van der Waals surface area contributed by atoms with E-state index in [9.17, 15) is 29.8 Å². The Morgan fingerprint density at radius 3 is 2.47 bits per heavy atom. The van der Waals surface area contributed by atoms with Crippen LogP contribution in [0.5, 0.6) is 0 Å². The number of non-ortho nitro benzene ring substituents is 1. The van der Waals surface area contributed by atoms with Gasteiger partial charge >= 0.3 is 0 Å². The number of fused-ring (bicyclic) bond motifs is 3. The van der Waals surface area contributed by atoms with Gasteiger partial charge in [0.15, 0.2) is 5.78 Å². The van der Waals surface area contributed by atoms with Gasteiger partial charge in [0.05, 0.1) is 40.1 Å². The Labute approximate surface area is 201 Å². The van der Waals surface area contributed by atoms with Gasteiger partial charge in [-0.05, 0) is 36.4 Å². The lowest BCUT2D eigenvalue weighted by Gasteiger charge is -2.32. The molecule has 168 valence electrons. The van der Waals surface area contributed by atoms with E-state index in [4.69, 9.17) is 0 Å².